The highest BCUT2D eigenvalue weighted by molar-refractivity contribution is 6.05. The molecular formula is C31H36N8O5. The largest absolute Gasteiger partial charge is 0.343 e. The van der Waals surface area contributed by atoms with Crippen LogP contribution in [-0.2, 0) is 18.4 Å². The summed E-state index contributed by atoms with van der Waals surface area (Å²) >= 11 is 0. The fourth-order valence-electron chi connectivity index (χ4n) is 5.75. The van der Waals surface area contributed by atoms with Gasteiger partial charge in [0.15, 0.2) is 5.65 Å². The van der Waals surface area contributed by atoms with E-state index in [4.69, 9.17) is 0 Å². The number of fused-ring (bicyclic) bond motifs is 1. The molecule has 0 radical (unpaired) electrons. The molecule has 2 fully saturated rings. The van der Waals surface area contributed by atoms with Gasteiger partial charge in [-0.25, -0.2) is 14.8 Å². The summed E-state index contributed by atoms with van der Waals surface area (Å²) in [7, 11) is 1.59. The van der Waals surface area contributed by atoms with Crippen molar-refractivity contribution in [2.45, 2.75) is 64.5 Å². The Bertz CT molecular complexity index is 1900. The van der Waals surface area contributed by atoms with E-state index in [0.717, 1.165) is 32.2 Å². The first-order chi connectivity index (χ1) is 21.3. The smallest absolute Gasteiger partial charge is 0.333 e. The summed E-state index contributed by atoms with van der Waals surface area (Å²) in [6.07, 6.45) is 8.38. The lowest BCUT2D eigenvalue weighted by atomic mass is 10.1. The molecule has 4 aromatic heterocycles. The molecular weight excluding hydrogens is 564 g/mol. The third-order valence-corrected chi connectivity index (χ3v) is 8.28. The number of likely N-dealkylation sites (tertiary alicyclic amines) is 1. The second-order valence-electron chi connectivity index (χ2n) is 11.5. The average molecular weight is 601 g/mol. The Hall–Kier alpha value is -4.81. The number of piperidine rings is 1. The zero-order valence-corrected chi connectivity index (χ0v) is 25.0. The number of carbonyl (C=O) groups is 2. The molecule has 0 bridgehead atoms. The fraction of sp³-hybridized carbons (Fsp3) is 0.452. The molecule has 2 aliphatic rings. The van der Waals surface area contributed by atoms with Crippen LogP contribution in [0.5, 0.6) is 0 Å². The van der Waals surface area contributed by atoms with Crippen LogP contribution in [0.2, 0.25) is 0 Å². The first-order valence-corrected chi connectivity index (χ1v) is 15.2. The number of hydrogen-bond donors (Lipinski definition) is 1. The number of imidazole rings is 1. The molecule has 13 heteroatoms. The minimum Gasteiger partial charge on any atom is -0.343 e. The molecule has 0 atom stereocenters. The highest BCUT2D eigenvalue weighted by Crippen LogP contribution is 2.32. The lowest BCUT2D eigenvalue weighted by Gasteiger charge is -2.28. The van der Waals surface area contributed by atoms with Crippen LogP contribution in [0.1, 0.15) is 68.3 Å². The number of H-pyrrole nitrogens is 1. The fourth-order valence-corrected chi connectivity index (χ4v) is 5.75. The van der Waals surface area contributed by atoms with Crippen LogP contribution in [0.4, 0.5) is 5.82 Å². The van der Waals surface area contributed by atoms with Crippen LogP contribution in [0.25, 0.3) is 22.6 Å². The van der Waals surface area contributed by atoms with Crippen molar-refractivity contribution in [1.82, 2.24) is 33.6 Å². The molecule has 230 valence electrons. The Labute approximate surface area is 252 Å². The van der Waals surface area contributed by atoms with Crippen LogP contribution in [0.3, 0.4) is 0 Å². The Balaban J connectivity index is 1.31. The number of pyridine rings is 2. The number of carbonyl (C=O) groups excluding carboxylic acids is 2. The van der Waals surface area contributed by atoms with Gasteiger partial charge in [0, 0.05) is 69.7 Å². The molecule has 44 heavy (non-hydrogen) atoms. The van der Waals surface area contributed by atoms with E-state index in [1.165, 1.54) is 27.5 Å². The number of aromatic nitrogens is 6. The minimum atomic E-state index is -0.371. The molecule has 1 saturated carbocycles. The van der Waals surface area contributed by atoms with Crippen molar-refractivity contribution < 1.29 is 9.59 Å². The molecule has 4 aromatic rings. The number of anilines is 1. The second kappa shape index (κ2) is 12.1. The summed E-state index contributed by atoms with van der Waals surface area (Å²) in [5.41, 5.74) is 0.593. The van der Waals surface area contributed by atoms with Gasteiger partial charge in [-0.15, -0.1) is 0 Å². The normalized spacial score (nSPS) is 15.2. The summed E-state index contributed by atoms with van der Waals surface area (Å²) in [5, 5.41) is 0. The Morgan fingerprint density at radius 1 is 1.07 bits per heavy atom. The van der Waals surface area contributed by atoms with E-state index >= 15 is 0 Å². The van der Waals surface area contributed by atoms with Crippen molar-refractivity contribution in [3.63, 3.8) is 0 Å². The third kappa shape index (κ3) is 5.61. The third-order valence-electron chi connectivity index (χ3n) is 8.28. The summed E-state index contributed by atoms with van der Waals surface area (Å²) in [6.45, 7) is 3.97. The molecule has 1 aliphatic heterocycles. The van der Waals surface area contributed by atoms with Gasteiger partial charge in [0.05, 0.1) is 5.56 Å². The minimum absolute atomic E-state index is 0.0706. The number of aromatic amines is 1. The Kier molecular flexibility index (Phi) is 8.02. The van der Waals surface area contributed by atoms with Crippen LogP contribution in [-0.4, -0.2) is 65.0 Å². The van der Waals surface area contributed by atoms with Crippen LogP contribution < -0.4 is 21.7 Å². The number of nitrogens with zero attached hydrogens (tertiary/aromatic N) is 7. The van der Waals surface area contributed by atoms with Gasteiger partial charge in [-0.05, 0) is 56.7 Å². The first-order valence-electron chi connectivity index (χ1n) is 15.2. The maximum Gasteiger partial charge on any atom is 0.333 e. The zero-order valence-electron chi connectivity index (χ0n) is 25.0. The van der Waals surface area contributed by atoms with Crippen LogP contribution >= 0.6 is 0 Å². The van der Waals surface area contributed by atoms with Crippen LogP contribution in [0.15, 0.2) is 51.0 Å². The van der Waals surface area contributed by atoms with Crippen LogP contribution in [0, 0.1) is 0 Å². The second-order valence-corrected chi connectivity index (χ2v) is 11.5. The van der Waals surface area contributed by atoms with Gasteiger partial charge in [-0.2, -0.15) is 0 Å². The van der Waals surface area contributed by atoms with Gasteiger partial charge in [-0.3, -0.25) is 33.2 Å². The van der Waals surface area contributed by atoms with E-state index in [1.54, 1.807) is 34.8 Å². The maximum absolute atomic E-state index is 13.7. The molecule has 13 nitrogen and oxygen atoms in total. The SMILES string of the molecule is CCCn1c(=O)n(C2CC2)c(=O)c2[nH]c(-c3ccc(N(CCCN4CCCCC4=O)C(=O)c4ccc(=O)n(C)c4)nc3)nc21. The van der Waals surface area contributed by atoms with Crippen molar-refractivity contribution in [3.05, 3.63) is 73.4 Å². The number of amides is 2. The van der Waals surface area contributed by atoms with E-state index in [2.05, 4.69) is 15.0 Å². The number of nitrogens with one attached hydrogen (secondary N) is 1. The number of hydrogen-bond acceptors (Lipinski definition) is 7. The van der Waals surface area contributed by atoms with E-state index in [9.17, 15) is 24.0 Å². The predicted molar refractivity (Wildman–Crippen MR) is 165 cm³/mol. The van der Waals surface area contributed by atoms with Gasteiger partial charge in [0.2, 0.25) is 11.5 Å². The van der Waals surface area contributed by atoms with E-state index < -0.39 is 0 Å². The summed E-state index contributed by atoms with van der Waals surface area (Å²) in [6, 6.07) is 6.25. The molecule has 1 aliphatic carbocycles. The highest BCUT2D eigenvalue weighted by Gasteiger charge is 2.30. The zero-order chi connectivity index (χ0) is 31.0. The molecule has 1 saturated heterocycles. The highest BCUT2D eigenvalue weighted by atomic mass is 16.2. The molecule has 1 N–H and O–H groups in total. The van der Waals surface area contributed by atoms with E-state index in [1.807, 2.05) is 11.8 Å². The van der Waals surface area contributed by atoms with Gasteiger partial charge in [-0.1, -0.05) is 6.92 Å². The molecule has 0 unspecified atom stereocenters. The summed E-state index contributed by atoms with van der Waals surface area (Å²) in [4.78, 5) is 80.0. The first kappa shape index (κ1) is 29.3. The lowest BCUT2D eigenvalue weighted by molar-refractivity contribution is -0.133. The number of aryl methyl sites for hydroxylation is 2. The maximum atomic E-state index is 13.7. The summed E-state index contributed by atoms with van der Waals surface area (Å²) < 4.78 is 4.24. The van der Waals surface area contributed by atoms with Gasteiger partial charge in [0.1, 0.15) is 17.2 Å². The van der Waals surface area contributed by atoms with E-state index in [0.29, 0.717) is 67.3 Å². The molecule has 0 aromatic carbocycles. The Morgan fingerprint density at radius 2 is 1.89 bits per heavy atom. The predicted octanol–water partition coefficient (Wildman–Crippen LogP) is 2.44. The lowest BCUT2D eigenvalue weighted by Crippen LogP contribution is -2.39. The topological polar surface area (TPSA) is 148 Å². The van der Waals surface area contributed by atoms with Gasteiger partial charge < -0.3 is 14.5 Å². The average Bonchev–Trinajstić information content (AvgIpc) is 3.76. The van der Waals surface area contributed by atoms with Crippen molar-refractivity contribution in [2.75, 3.05) is 24.5 Å². The standard InChI is InChI=1S/C31H36N8O5/c1-3-14-38-28-26(30(43)39(31(38)44)22-10-11-22)33-27(34-28)20-8-12-23(32-18-20)37(17-6-16-36-15-5-4-7-25(36)41)29(42)21-9-13-24(40)35(2)19-21/h8-9,12-13,18-19,22H,3-7,10-11,14-17H2,1-2H3,(H,33,34). The monoisotopic (exact) mass is 600 g/mol. The van der Waals surface area contributed by atoms with Crippen molar-refractivity contribution in [2.24, 2.45) is 7.05 Å². The Morgan fingerprint density at radius 3 is 2.57 bits per heavy atom. The summed E-state index contributed by atoms with van der Waals surface area (Å²) in [5.74, 6) is 0.605. The van der Waals surface area contributed by atoms with Crippen molar-refractivity contribution >= 4 is 28.8 Å². The molecule has 0 spiro atoms. The van der Waals surface area contributed by atoms with Gasteiger partial charge in [0.25, 0.3) is 11.5 Å². The molecule has 5 heterocycles. The molecule has 2 amide bonds. The van der Waals surface area contributed by atoms with Gasteiger partial charge >= 0.3 is 5.69 Å². The molecule has 6 rings (SSSR count). The van der Waals surface area contributed by atoms with Crippen molar-refractivity contribution in [1.29, 1.82) is 0 Å². The van der Waals surface area contributed by atoms with Crippen molar-refractivity contribution in [3.8, 4) is 11.4 Å². The number of rotatable bonds is 10. The van der Waals surface area contributed by atoms with E-state index in [-0.39, 0.29) is 40.2 Å². The quantitative estimate of drug-likeness (QED) is 0.294.